The number of hydrogen-bond donors (Lipinski definition) is 1. The fraction of sp³-hybridized carbons (Fsp3) is 0.929. The summed E-state index contributed by atoms with van der Waals surface area (Å²) >= 11 is 2.01. The number of nitrogens with zero attached hydrogens (tertiary/aromatic N) is 1. The second kappa shape index (κ2) is 5.83. The number of thioether (sulfide) groups is 1. The highest BCUT2D eigenvalue weighted by Gasteiger charge is 2.42. The molecule has 3 nitrogen and oxygen atoms in total. The van der Waals surface area contributed by atoms with E-state index in [1.54, 1.807) is 0 Å². The van der Waals surface area contributed by atoms with E-state index in [0.29, 0.717) is 16.4 Å². The van der Waals surface area contributed by atoms with Crippen LogP contribution in [-0.4, -0.2) is 47.5 Å². The van der Waals surface area contributed by atoms with E-state index >= 15 is 0 Å². The largest absolute Gasteiger partial charge is 0.340 e. The lowest BCUT2D eigenvalue weighted by molar-refractivity contribution is -0.143. The molecule has 2 aliphatic heterocycles. The van der Waals surface area contributed by atoms with Gasteiger partial charge in [0.15, 0.2) is 0 Å². The van der Waals surface area contributed by atoms with E-state index in [1.165, 1.54) is 0 Å². The van der Waals surface area contributed by atoms with Crippen LogP contribution < -0.4 is 5.32 Å². The molecule has 18 heavy (non-hydrogen) atoms. The van der Waals surface area contributed by atoms with Gasteiger partial charge in [0, 0.05) is 30.1 Å². The Morgan fingerprint density at radius 1 is 1.39 bits per heavy atom. The maximum Gasteiger partial charge on any atom is 0.230 e. The van der Waals surface area contributed by atoms with Gasteiger partial charge in [0.2, 0.25) is 5.91 Å². The zero-order valence-corrected chi connectivity index (χ0v) is 12.7. The number of amides is 1. The monoisotopic (exact) mass is 270 g/mol. The summed E-state index contributed by atoms with van der Waals surface area (Å²) in [5, 5.41) is 4.56. The summed E-state index contributed by atoms with van der Waals surface area (Å²) in [5.41, 5.74) is -0.125. The first-order valence-corrected chi connectivity index (χ1v) is 8.17. The van der Waals surface area contributed by atoms with Crippen molar-refractivity contribution in [1.82, 2.24) is 10.2 Å². The van der Waals surface area contributed by atoms with Crippen LogP contribution in [0.5, 0.6) is 0 Å². The molecule has 0 aromatic heterocycles. The van der Waals surface area contributed by atoms with Gasteiger partial charge in [-0.3, -0.25) is 4.79 Å². The lowest BCUT2D eigenvalue weighted by Gasteiger charge is -2.43. The summed E-state index contributed by atoms with van der Waals surface area (Å²) in [6, 6.07) is 0. The summed E-state index contributed by atoms with van der Waals surface area (Å²) < 4.78 is 0. The topological polar surface area (TPSA) is 32.3 Å². The van der Waals surface area contributed by atoms with Crippen LogP contribution in [0.3, 0.4) is 0 Å². The number of carbonyl (C=O) groups excluding carboxylic acids is 1. The Kier molecular flexibility index (Phi) is 4.59. The highest BCUT2D eigenvalue weighted by atomic mass is 32.2. The summed E-state index contributed by atoms with van der Waals surface area (Å²) in [7, 11) is 0. The van der Waals surface area contributed by atoms with Crippen molar-refractivity contribution in [3.05, 3.63) is 0 Å². The van der Waals surface area contributed by atoms with Crippen LogP contribution in [0.25, 0.3) is 0 Å². The lowest BCUT2D eigenvalue weighted by Crippen LogP contribution is -2.55. The Hall–Kier alpha value is -0.220. The molecule has 0 aromatic rings. The molecule has 1 amide bonds. The van der Waals surface area contributed by atoms with Gasteiger partial charge in [-0.1, -0.05) is 20.8 Å². The van der Waals surface area contributed by atoms with E-state index in [9.17, 15) is 4.79 Å². The molecule has 1 N–H and O–H groups in total. The highest BCUT2D eigenvalue weighted by Crippen LogP contribution is 2.35. The second-order valence-electron chi connectivity index (χ2n) is 5.88. The van der Waals surface area contributed by atoms with E-state index in [-0.39, 0.29) is 5.41 Å². The molecule has 0 spiro atoms. The van der Waals surface area contributed by atoms with Gasteiger partial charge in [0.1, 0.15) is 0 Å². The lowest BCUT2D eigenvalue weighted by atomic mass is 9.77. The van der Waals surface area contributed by atoms with Crippen molar-refractivity contribution in [2.45, 2.75) is 50.5 Å². The Morgan fingerprint density at radius 2 is 2.06 bits per heavy atom. The van der Waals surface area contributed by atoms with Crippen LogP contribution in [0, 0.1) is 5.41 Å². The molecule has 2 heterocycles. The third-order valence-corrected chi connectivity index (χ3v) is 5.54. The van der Waals surface area contributed by atoms with Crippen LogP contribution >= 0.6 is 11.8 Å². The average molecular weight is 270 g/mol. The van der Waals surface area contributed by atoms with Gasteiger partial charge in [-0.25, -0.2) is 0 Å². The first-order chi connectivity index (χ1) is 8.57. The number of nitrogens with one attached hydrogen (secondary N) is 1. The van der Waals surface area contributed by atoms with Crippen molar-refractivity contribution in [2.75, 3.05) is 26.2 Å². The first kappa shape index (κ1) is 14.2. The molecule has 4 heteroatoms. The maximum atomic E-state index is 12.9. The van der Waals surface area contributed by atoms with Crippen molar-refractivity contribution < 1.29 is 4.79 Å². The van der Waals surface area contributed by atoms with Gasteiger partial charge < -0.3 is 10.2 Å². The third kappa shape index (κ3) is 2.85. The fourth-order valence-electron chi connectivity index (χ4n) is 3.28. The Morgan fingerprint density at radius 3 is 2.56 bits per heavy atom. The molecule has 3 atom stereocenters. The fourth-order valence-corrected chi connectivity index (χ4v) is 4.61. The molecule has 2 rings (SSSR count). The van der Waals surface area contributed by atoms with Crippen molar-refractivity contribution in [3.63, 3.8) is 0 Å². The molecule has 0 radical (unpaired) electrons. The van der Waals surface area contributed by atoms with E-state index in [4.69, 9.17) is 0 Å². The van der Waals surface area contributed by atoms with Crippen molar-refractivity contribution in [3.8, 4) is 0 Å². The molecular formula is C14H26N2OS. The first-order valence-electron chi connectivity index (χ1n) is 7.23. The molecule has 2 aliphatic rings. The third-order valence-electron chi connectivity index (χ3n) is 4.31. The Balaban J connectivity index is 2.08. The summed E-state index contributed by atoms with van der Waals surface area (Å²) in [6.45, 7) is 10.4. The number of carbonyl (C=O) groups is 1. The minimum atomic E-state index is -0.125. The van der Waals surface area contributed by atoms with Gasteiger partial charge in [-0.2, -0.15) is 11.8 Å². The van der Waals surface area contributed by atoms with Crippen molar-refractivity contribution in [2.24, 2.45) is 5.41 Å². The van der Waals surface area contributed by atoms with Gasteiger partial charge in [-0.05, 0) is 25.8 Å². The Labute approximate surface area is 115 Å². The average Bonchev–Trinajstić information content (AvgIpc) is 2.37. The normalized spacial score (nSPS) is 37.6. The van der Waals surface area contributed by atoms with Crippen LogP contribution in [0.1, 0.15) is 40.0 Å². The van der Waals surface area contributed by atoms with Gasteiger partial charge >= 0.3 is 0 Å². The zero-order valence-electron chi connectivity index (χ0n) is 11.9. The molecule has 2 fully saturated rings. The van der Waals surface area contributed by atoms with Crippen molar-refractivity contribution >= 4 is 17.7 Å². The zero-order chi connectivity index (χ0) is 13.2. The number of piperidine rings is 1. The predicted octanol–water partition coefficient (Wildman–Crippen LogP) is 2.12. The minimum Gasteiger partial charge on any atom is -0.340 e. The van der Waals surface area contributed by atoms with Crippen LogP contribution in [-0.2, 0) is 4.79 Å². The minimum absolute atomic E-state index is 0.125. The standard InChI is InChI=1S/C14H26N2OS/c1-4-14(6-5-7-15-10-14)13(17)16-8-11(2)18-12(3)9-16/h11-12,15H,4-10H2,1-3H3. The van der Waals surface area contributed by atoms with E-state index in [2.05, 4.69) is 31.0 Å². The highest BCUT2D eigenvalue weighted by molar-refractivity contribution is 8.00. The molecule has 0 saturated carbocycles. The summed E-state index contributed by atoms with van der Waals surface area (Å²) in [4.78, 5) is 15.0. The number of rotatable bonds is 2. The molecule has 3 unspecified atom stereocenters. The van der Waals surface area contributed by atoms with Gasteiger partial charge in [-0.15, -0.1) is 0 Å². The van der Waals surface area contributed by atoms with Crippen LogP contribution in [0.2, 0.25) is 0 Å². The predicted molar refractivity (Wildman–Crippen MR) is 77.9 cm³/mol. The van der Waals surface area contributed by atoms with Gasteiger partial charge in [0.25, 0.3) is 0 Å². The van der Waals surface area contributed by atoms with Crippen LogP contribution in [0.4, 0.5) is 0 Å². The van der Waals surface area contributed by atoms with Crippen molar-refractivity contribution in [1.29, 1.82) is 0 Å². The smallest absolute Gasteiger partial charge is 0.230 e. The molecule has 0 bridgehead atoms. The van der Waals surface area contributed by atoms with E-state index in [0.717, 1.165) is 45.4 Å². The Bertz CT molecular complexity index is 292. The SMILES string of the molecule is CCC1(C(=O)N2CC(C)SC(C)C2)CCCNC1. The molecule has 104 valence electrons. The van der Waals surface area contributed by atoms with E-state index in [1.807, 2.05) is 11.8 Å². The molecule has 0 aromatic carbocycles. The quantitative estimate of drug-likeness (QED) is 0.834. The van der Waals surface area contributed by atoms with E-state index < -0.39 is 0 Å². The molecular weight excluding hydrogens is 244 g/mol. The summed E-state index contributed by atoms with van der Waals surface area (Å²) in [5.74, 6) is 0.399. The second-order valence-corrected chi connectivity index (χ2v) is 7.76. The molecule has 2 saturated heterocycles. The van der Waals surface area contributed by atoms with Crippen LogP contribution in [0.15, 0.2) is 0 Å². The maximum absolute atomic E-state index is 12.9. The number of hydrogen-bond acceptors (Lipinski definition) is 3. The van der Waals surface area contributed by atoms with Gasteiger partial charge in [0.05, 0.1) is 5.41 Å². The summed E-state index contributed by atoms with van der Waals surface area (Å²) in [6.07, 6.45) is 3.15. The molecule has 0 aliphatic carbocycles.